The van der Waals surface area contributed by atoms with E-state index in [4.69, 9.17) is 15.3 Å². The van der Waals surface area contributed by atoms with E-state index in [9.17, 15) is 0 Å². The third kappa shape index (κ3) is 1.85. The molecule has 1 heterocycles. The quantitative estimate of drug-likeness (QED) is 0.601. The number of hydrogen-bond donors (Lipinski definition) is 2. The Morgan fingerprint density at radius 2 is 2.40 bits per heavy atom. The van der Waals surface area contributed by atoms with Gasteiger partial charge in [0.1, 0.15) is 18.1 Å². The molecule has 0 radical (unpaired) electrons. The Morgan fingerprint density at radius 3 is 3.07 bits per heavy atom. The van der Waals surface area contributed by atoms with Gasteiger partial charge in [-0.1, -0.05) is 0 Å². The molecule has 0 amide bonds. The number of ether oxygens (including phenoxy) is 2. The molecule has 1 aliphatic heterocycles. The summed E-state index contributed by atoms with van der Waals surface area (Å²) >= 11 is 3.38. The topological polar surface area (TPSA) is 68.9 Å². The number of nitrogens with one attached hydrogen (secondary N) is 1. The minimum Gasteiger partial charge on any atom is -0.495 e. The molecule has 15 heavy (non-hydrogen) atoms. The van der Waals surface area contributed by atoms with Crippen LogP contribution in [0.15, 0.2) is 21.7 Å². The third-order valence-electron chi connectivity index (χ3n) is 2.05. The molecule has 0 spiro atoms. The second-order valence-corrected chi connectivity index (χ2v) is 3.83. The molecule has 0 unspecified atom stereocenters. The van der Waals surface area contributed by atoms with Crippen LogP contribution in [0.4, 0.5) is 5.69 Å². The largest absolute Gasteiger partial charge is 0.495 e. The summed E-state index contributed by atoms with van der Waals surface area (Å²) in [6.07, 6.45) is 0. The van der Waals surface area contributed by atoms with Gasteiger partial charge < -0.3 is 20.6 Å². The van der Waals surface area contributed by atoms with Crippen LogP contribution < -0.4 is 20.6 Å². The van der Waals surface area contributed by atoms with E-state index in [1.807, 2.05) is 12.1 Å². The fourth-order valence-electron chi connectivity index (χ4n) is 1.32. The number of amidine groups is 1. The lowest BCUT2D eigenvalue weighted by atomic mass is 10.2. The Bertz CT molecular complexity index is 420. The molecule has 3 N–H and O–H groups in total. The summed E-state index contributed by atoms with van der Waals surface area (Å²) in [7, 11) is 1.61. The molecule has 2 rings (SSSR count). The van der Waals surface area contributed by atoms with Gasteiger partial charge in [-0.05, 0) is 15.9 Å². The standard InChI is InChI=1S/C9H10BrN3O2/c1-14-7-3-6-8(2-5(7)10)15-4-9(12-6)13-11/h2-3H,4,11H2,1H3,(H,12,13). The van der Waals surface area contributed by atoms with E-state index in [2.05, 4.69) is 26.3 Å². The van der Waals surface area contributed by atoms with Gasteiger partial charge in [0, 0.05) is 12.1 Å². The van der Waals surface area contributed by atoms with Gasteiger partial charge in [0.15, 0.2) is 5.84 Å². The minimum atomic E-state index is 0.349. The summed E-state index contributed by atoms with van der Waals surface area (Å²) in [6, 6.07) is 3.66. The van der Waals surface area contributed by atoms with Gasteiger partial charge in [-0.3, -0.25) is 0 Å². The number of nitrogens with zero attached hydrogens (tertiary/aromatic N) is 1. The van der Waals surface area contributed by atoms with Crippen LogP contribution in [0.3, 0.4) is 0 Å². The number of benzene rings is 1. The van der Waals surface area contributed by atoms with Crippen LogP contribution in [0.2, 0.25) is 0 Å². The van der Waals surface area contributed by atoms with Crippen molar-refractivity contribution in [1.82, 2.24) is 0 Å². The predicted octanol–water partition coefficient (Wildman–Crippen LogP) is 1.53. The summed E-state index contributed by atoms with van der Waals surface area (Å²) in [5.74, 6) is 7.23. The first-order valence-electron chi connectivity index (χ1n) is 4.28. The zero-order valence-electron chi connectivity index (χ0n) is 8.08. The maximum atomic E-state index is 5.45. The van der Waals surface area contributed by atoms with E-state index in [0.717, 1.165) is 21.7 Å². The number of halogens is 1. The van der Waals surface area contributed by atoms with Crippen molar-refractivity contribution in [3.8, 4) is 11.5 Å². The van der Waals surface area contributed by atoms with Gasteiger partial charge in [0.2, 0.25) is 0 Å². The Labute approximate surface area is 95.4 Å². The van der Waals surface area contributed by atoms with E-state index >= 15 is 0 Å². The fraction of sp³-hybridized carbons (Fsp3) is 0.222. The van der Waals surface area contributed by atoms with Crippen LogP contribution in [0, 0.1) is 0 Å². The predicted molar refractivity (Wildman–Crippen MR) is 61.4 cm³/mol. The van der Waals surface area contributed by atoms with Gasteiger partial charge in [-0.15, -0.1) is 0 Å². The lowest BCUT2D eigenvalue weighted by Gasteiger charge is -2.21. The zero-order chi connectivity index (χ0) is 10.8. The first-order valence-corrected chi connectivity index (χ1v) is 5.08. The zero-order valence-corrected chi connectivity index (χ0v) is 9.67. The summed E-state index contributed by atoms with van der Waals surface area (Å²) in [6.45, 7) is 0.349. The summed E-state index contributed by atoms with van der Waals surface area (Å²) in [4.78, 5) is 0. The normalized spacial score (nSPS) is 16.5. The van der Waals surface area contributed by atoms with Crippen molar-refractivity contribution in [1.29, 1.82) is 0 Å². The number of hydrazone groups is 1. The molecular formula is C9H10BrN3O2. The first kappa shape index (κ1) is 10.1. The summed E-state index contributed by atoms with van der Waals surface area (Å²) in [5, 5.41) is 6.60. The third-order valence-corrected chi connectivity index (χ3v) is 2.67. The van der Waals surface area contributed by atoms with E-state index in [0.29, 0.717) is 12.4 Å². The van der Waals surface area contributed by atoms with Crippen LogP contribution in [-0.4, -0.2) is 19.6 Å². The van der Waals surface area contributed by atoms with Crippen LogP contribution in [0.1, 0.15) is 0 Å². The monoisotopic (exact) mass is 271 g/mol. The molecule has 0 aliphatic carbocycles. The van der Waals surface area contributed by atoms with E-state index in [-0.39, 0.29) is 0 Å². The number of anilines is 1. The molecular weight excluding hydrogens is 262 g/mol. The van der Waals surface area contributed by atoms with Crippen molar-refractivity contribution in [2.45, 2.75) is 0 Å². The van der Waals surface area contributed by atoms with Gasteiger partial charge in [0.25, 0.3) is 0 Å². The summed E-state index contributed by atoms with van der Waals surface area (Å²) < 4.78 is 11.5. The SMILES string of the molecule is COc1cc2c(cc1Br)OC/C(=N/N)N2. The van der Waals surface area contributed by atoms with Crippen molar-refractivity contribution in [3.05, 3.63) is 16.6 Å². The molecule has 0 fully saturated rings. The van der Waals surface area contributed by atoms with Gasteiger partial charge in [-0.2, -0.15) is 5.10 Å². The van der Waals surface area contributed by atoms with E-state index in [1.165, 1.54) is 0 Å². The number of hydrogen-bond acceptors (Lipinski definition) is 4. The second-order valence-electron chi connectivity index (χ2n) is 2.97. The maximum Gasteiger partial charge on any atom is 0.164 e. The minimum absolute atomic E-state index is 0.349. The van der Waals surface area contributed by atoms with Crippen molar-refractivity contribution in [2.24, 2.45) is 10.9 Å². The molecule has 0 atom stereocenters. The molecule has 5 nitrogen and oxygen atoms in total. The van der Waals surface area contributed by atoms with E-state index in [1.54, 1.807) is 7.11 Å². The molecule has 1 aromatic rings. The highest BCUT2D eigenvalue weighted by Crippen LogP contribution is 2.37. The highest BCUT2D eigenvalue weighted by Gasteiger charge is 2.17. The highest BCUT2D eigenvalue weighted by atomic mass is 79.9. The Balaban J connectivity index is 2.41. The molecule has 0 bridgehead atoms. The number of fused-ring (bicyclic) bond motifs is 1. The maximum absolute atomic E-state index is 5.45. The summed E-state index contributed by atoms with van der Waals surface area (Å²) in [5.41, 5.74) is 0.797. The molecule has 1 aromatic carbocycles. The van der Waals surface area contributed by atoms with Crippen molar-refractivity contribution in [2.75, 3.05) is 19.0 Å². The average Bonchev–Trinajstić information content (AvgIpc) is 2.27. The van der Waals surface area contributed by atoms with Crippen LogP contribution >= 0.6 is 15.9 Å². The van der Waals surface area contributed by atoms with Crippen LogP contribution in [0.25, 0.3) is 0 Å². The van der Waals surface area contributed by atoms with E-state index < -0.39 is 0 Å². The molecule has 0 saturated carbocycles. The molecule has 6 heteroatoms. The smallest absolute Gasteiger partial charge is 0.164 e. The lowest BCUT2D eigenvalue weighted by molar-refractivity contribution is 0.368. The lowest BCUT2D eigenvalue weighted by Crippen LogP contribution is -2.27. The molecule has 0 aromatic heterocycles. The van der Waals surface area contributed by atoms with Crippen molar-refractivity contribution < 1.29 is 9.47 Å². The number of nitrogens with two attached hydrogens (primary N) is 1. The van der Waals surface area contributed by atoms with Gasteiger partial charge >= 0.3 is 0 Å². The second kappa shape index (κ2) is 3.98. The number of methoxy groups -OCH3 is 1. The van der Waals surface area contributed by atoms with Crippen molar-refractivity contribution in [3.63, 3.8) is 0 Å². The average molecular weight is 272 g/mol. The molecule has 80 valence electrons. The van der Waals surface area contributed by atoms with Gasteiger partial charge in [0.05, 0.1) is 17.3 Å². The number of rotatable bonds is 1. The molecule has 0 saturated heterocycles. The van der Waals surface area contributed by atoms with Crippen LogP contribution in [-0.2, 0) is 0 Å². The van der Waals surface area contributed by atoms with Crippen LogP contribution in [0.5, 0.6) is 11.5 Å². The first-order chi connectivity index (χ1) is 7.24. The fourth-order valence-corrected chi connectivity index (χ4v) is 1.80. The molecule has 1 aliphatic rings. The Hall–Kier alpha value is -1.43. The highest BCUT2D eigenvalue weighted by molar-refractivity contribution is 9.10. The van der Waals surface area contributed by atoms with Gasteiger partial charge in [-0.25, -0.2) is 0 Å². The Kier molecular flexibility index (Phi) is 2.68. The Morgan fingerprint density at radius 1 is 1.60 bits per heavy atom. The van der Waals surface area contributed by atoms with Crippen molar-refractivity contribution >= 4 is 27.5 Å².